The summed E-state index contributed by atoms with van der Waals surface area (Å²) < 4.78 is 60.8. The molecule has 0 amide bonds. The molecule has 0 aromatic rings. The van der Waals surface area contributed by atoms with E-state index in [9.17, 15) is 21.6 Å². The van der Waals surface area contributed by atoms with Crippen molar-refractivity contribution in [3.05, 3.63) is 11.6 Å². The van der Waals surface area contributed by atoms with Crippen LogP contribution in [0, 0.1) is 0 Å². The van der Waals surface area contributed by atoms with Gasteiger partial charge in [-0.15, -0.1) is 0 Å². The molecule has 82 valence electrons. The predicted octanol–water partition coefficient (Wildman–Crippen LogP) is 0.639. The fourth-order valence-corrected chi connectivity index (χ4v) is 1.41. The van der Waals surface area contributed by atoms with Crippen LogP contribution in [0.3, 0.4) is 0 Å². The summed E-state index contributed by atoms with van der Waals surface area (Å²) in [5.74, 6) is 0. The molecule has 1 aliphatic heterocycles. The highest BCUT2D eigenvalue weighted by Crippen LogP contribution is 2.28. The van der Waals surface area contributed by atoms with Crippen molar-refractivity contribution in [3.8, 4) is 0 Å². The topological polar surface area (TPSA) is 46.6 Å². The van der Waals surface area contributed by atoms with E-state index in [0.717, 1.165) is 11.1 Å². The van der Waals surface area contributed by atoms with Crippen LogP contribution in [0.4, 0.5) is 13.2 Å². The summed E-state index contributed by atoms with van der Waals surface area (Å²) >= 11 is 0. The van der Waals surface area contributed by atoms with Crippen molar-refractivity contribution in [2.24, 2.45) is 0 Å². The van der Waals surface area contributed by atoms with E-state index in [2.05, 4.69) is 4.28 Å². The van der Waals surface area contributed by atoms with Gasteiger partial charge in [-0.25, -0.2) is 8.42 Å². The summed E-state index contributed by atoms with van der Waals surface area (Å²) in [6.07, 6.45) is -3.26. The van der Waals surface area contributed by atoms with Gasteiger partial charge in [-0.3, -0.25) is 0 Å². The molecule has 1 rings (SSSR count). The van der Waals surface area contributed by atoms with Crippen LogP contribution in [0.2, 0.25) is 0 Å². The second-order valence-corrected chi connectivity index (χ2v) is 3.30. The van der Waals surface area contributed by atoms with Gasteiger partial charge in [0.25, 0.3) is 11.0 Å². The Morgan fingerprint density at radius 3 is 2.57 bits per heavy atom. The number of rotatable bonds is 2. The fourth-order valence-electron chi connectivity index (χ4n) is 1.09. The maximum atomic E-state index is 12.2. The zero-order valence-electron chi connectivity index (χ0n) is 6.95. The molecule has 14 heavy (non-hydrogen) atoms. The standard InChI is InChI=1S/C6H8F3NO3S/c7-6(8,9)5-2-1-3-10(4-5)13-14(11)12/h2,14H,1,3-4H2. The molecule has 0 aromatic carbocycles. The number of thiol groups is 1. The second-order valence-electron chi connectivity index (χ2n) is 2.68. The summed E-state index contributed by atoms with van der Waals surface area (Å²) in [4.78, 5) is 0. The number of hydrogen-bond donors (Lipinski definition) is 1. The summed E-state index contributed by atoms with van der Waals surface area (Å²) in [5.41, 5.74) is -0.777. The molecule has 0 bridgehead atoms. The third-order valence-corrected chi connectivity index (χ3v) is 2.03. The lowest BCUT2D eigenvalue weighted by atomic mass is 10.1. The summed E-state index contributed by atoms with van der Waals surface area (Å²) in [6.45, 7) is -0.407. The molecule has 0 fully saturated rings. The van der Waals surface area contributed by atoms with Gasteiger partial charge in [0.2, 0.25) is 0 Å². The van der Waals surface area contributed by atoms with Gasteiger partial charge in [-0.1, -0.05) is 6.08 Å². The van der Waals surface area contributed by atoms with E-state index in [0.29, 0.717) is 0 Å². The Bertz CT molecular complexity index is 302. The van der Waals surface area contributed by atoms with Crippen LogP contribution < -0.4 is 0 Å². The summed E-state index contributed by atoms with van der Waals surface area (Å²) in [6, 6.07) is 0. The first kappa shape index (κ1) is 11.5. The normalized spacial score (nSPS) is 19.9. The van der Waals surface area contributed by atoms with Gasteiger partial charge >= 0.3 is 6.18 Å². The quantitative estimate of drug-likeness (QED) is 0.559. The van der Waals surface area contributed by atoms with Crippen molar-refractivity contribution in [2.45, 2.75) is 12.6 Å². The van der Waals surface area contributed by atoms with Crippen molar-refractivity contribution in [3.63, 3.8) is 0 Å². The van der Waals surface area contributed by atoms with Gasteiger partial charge in [-0.05, 0) is 6.42 Å². The van der Waals surface area contributed by atoms with Crippen molar-refractivity contribution in [1.82, 2.24) is 5.06 Å². The van der Waals surface area contributed by atoms with E-state index in [1.807, 2.05) is 0 Å². The van der Waals surface area contributed by atoms with E-state index < -0.39 is 29.3 Å². The molecule has 0 unspecified atom stereocenters. The monoisotopic (exact) mass is 231 g/mol. The molecule has 4 nitrogen and oxygen atoms in total. The SMILES string of the molecule is O=[SH](=O)ON1CCC=C(C(F)(F)F)C1. The highest BCUT2D eigenvalue weighted by atomic mass is 32.2. The Hall–Kier alpha value is -0.600. The first-order valence-corrected chi connectivity index (χ1v) is 4.83. The average Bonchev–Trinajstić information content (AvgIpc) is 2.01. The molecule has 0 atom stereocenters. The maximum absolute atomic E-state index is 12.2. The molecule has 1 aliphatic rings. The zero-order chi connectivity index (χ0) is 10.8. The first-order chi connectivity index (χ1) is 6.39. The van der Waals surface area contributed by atoms with Gasteiger partial charge in [0, 0.05) is 12.1 Å². The van der Waals surface area contributed by atoms with Gasteiger partial charge < -0.3 is 0 Å². The van der Waals surface area contributed by atoms with Crippen LogP contribution in [0.25, 0.3) is 0 Å². The van der Waals surface area contributed by atoms with E-state index in [4.69, 9.17) is 0 Å². The molecule has 0 radical (unpaired) electrons. The summed E-state index contributed by atoms with van der Waals surface area (Å²) in [7, 11) is -3.15. The van der Waals surface area contributed by atoms with Crippen LogP contribution in [-0.2, 0) is 15.3 Å². The Balaban J connectivity index is 2.63. The molecule has 8 heteroatoms. The van der Waals surface area contributed by atoms with Crippen LogP contribution in [-0.4, -0.2) is 32.7 Å². The highest BCUT2D eigenvalue weighted by molar-refractivity contribution is 7.67. The number of nitrogens with zero attached hydrogens (tertiary/aromatic N) is 1. The Morgan fingerprint density at radius 1 is 1.43 bits per heavy atom. The minimum absolute atomic E-state index is 0.123. The second kappa shape index (κ2) is 4.28. The Kier molecular flexibility index (Phi) is 3.51. The van der Waals surface area contributed by atoms with Gasteiger partial charge in [-0.2, -0.15) is 22.5 Å². The molecule has 0 aromatic heterocycles. The number of hydrogen-bond acceptors (Lipinski definition) is 4. The Morgan fingerprint density at radius 2 is 2.07 bits per heavy atom. The van der Waals surface area contributed by atoms with Crippen molar-refractivity contribution >= 4 is 11.0 Å². The highest BCUT2D eigenvalue weighted by Gasteiger charge is 2.36. The molecule has 0 saturated heterocycles. The van der Waals surface area contributed by atoms with Gasteiger partial charge in [0.15, 0.2) is 0 Å². The molecular formula is C6H8F3NO3S. The third kappa shape index (κ3) is 3.28. The van der Waals surface area contributed by atoms with Gasteiger partial charge in [0.05, 0.1) is 6.54 Å². The lowest BCUT2D eigenvalue weighted by Gasteiger charge is -2.24. The fraction of sp³-hybridized carbons (Fsp3) is 0.667. The lowest BCUT2D eigenvalue weighted by molar-refractivity contribution is -0.115. The van der Waals surface area contributed by atoms with Crippen LogP contribution in [0.1, 0.15) is 6.42 Å². The molecule has 0 aliphatic carbocycles. The van der Waals surface area contributed by atoms with Gasteiger partial charge in [0.1, 0.15) is 0 Å². The maximum Gasteiger partial charge on any atom is 0.413 e. The van der Waals surface area contributed by atoms with Crippen LogP contribution in [0.15, 0.2) is 11.6 Å². The van der Waals surface area contributed by atoms with Crippen LogP contribution in [0.5, 0.6) is 0 Å². The van der Waals surface area contributed by atoms with E-state index in [1.54, 1.807) is 0 Å². The Labute approximate surface area is 80.1 Å². The summed E-state index contributed by atoms with van der Waals surface area (Å²) in [5, 5.41) is 0.772. The molecule has 1 heterocycles. The van der Waals surface area contributed by atoms with E-state index in [-0.39, 0.29) is 13.0 Å². The average molecular weight is 231 g/mol. The third-order valence-electron chi connectivity index (χ3n) is 1.66. The minimum atomic E-state index is -4.42. The molecule has 0 spiro atoms. The largest absolute Gasteiger partial charge is 0.413 e. The first-order valence-electron chi connectivity index (χ1n) is 3.73. The molecular weight excluding hydrogens is 223 g/mol. The number of halogens is 3. The van der Waals surface area contributed by atoms with Crippen molar-refractivity contribution in [2.75, 3.05) is 13.1 Å². The van der Waals surface area contributed by atoms with E-state index in [1.165, 1.54) is 0 Å². The molecule has 0 saturated carbocycles. The minimum Gasteiger partial charge on any atom is -0.201 e. The smallest absolute Gasteiger partial charge is 0.201 e. The van der Waals surface area contributed by atoms with E-state index >= 15 is 0 Å². The van der Waals surface area contributed by atoms with Crippen molar-refractivity contribution < 1.29 is 25.9 Å². The zero-order valence-corrected chi connectivity index (χ0v) is 7.85. The number of hydroxylamine groups is 2. The number of alkyl halides is 3. The predicted molar refractivity (Wildman–Crippen MR) is 41.7 cm³/mol. The van der Waals surface area contributed by atoms with Crippen molar-refractivity contribution in [1.29, 1.82) is 0 Å². The molecule has 0 N–H and O–H groups in total. The lowest BCUT2D eigenvalue weighted by Crippen LogP contribution is -2.34. The van der Waals surface area contributed by atoms with Crippen LogP contribution >= 0.6 is 0 Å².